The number of fused-ring (bicyclic) bond motifs is 3. The van der Waals surface area contributed by atoms with Crippen LogP contribution in [0.2, 0.25) is 0 Å². The predicted octanol–water partition coefficient (Wildman–Crippen LogP) is 3.21. The molecule has 1 fully saturated rings. The average Bonchev–Trinajstić information content (AvgIpc) is 3.15. The summed E-state index contributed by atoms with van der Waals surface area (Å²) in [7, 11) is 2.04. The molecule has 35 heavy (non-hydrogen) atoms. The fraction of sp³-hybridized carbons (Fsp3) is 0.444. The maximum Gasteiger partial charge on any atom is 0.407 e. The van der Waals surface area contributed by atoms with Crippen molar-refractivity contribution in [2.75, 3.05) is 26.7 Å². The molecule has 3 atom stereocenters. The molecule has 1 aliphatic heterocycles. The van der Waals surface area contributed by atoms with E-state index >= 15 is 0 Å². The summed E-state index contributed by atoms with van der Waals surface area (Å²) >= 11 is 0. The average molecular weight is 480 g/mol. The number of rotatable bonds is 8. The Bertz CT molecular complexity index is 1040. The lowest BCUT2D eigenvalue weighted by atomic mass is 9.93. The SMILES string of the molecule is CC1CN(C)CCC1NC(=O)C(CCC(=O)O)NC(=O)OCC1c2ccccc2-c2ccccc21. The first-order valence-corrected chi connectivity index (χ1v) is 12.2. The third kappa shape index (κ3) is 5.82. The summed E-state index contributed by atoms with van der Waals surface area (Å²) in [4.78, 5) is 39.1. The van der Waals surface area contributed by atoms with Crippen LogP contribution in [-0.2, 0) is 14.3 Å². The molecule has 0 spiro atoms. The van der Waals surface area contributed by atoms with Gasteiger partial charge in [-0.1, -0.05) is 55.5 Å². The highest BCUT2D eigenvalue weighted by molar-refractivity contribution is 5.86. The zero-order chi connectivity index (χ0) is 24.9. The van der Waals surface area contributed by atoms with E-state index in [2.05, 4.69) is 34.6 Å². The van der Waals surface area contributed by atoms with Gasteiger partial charge in [0.15, 0.2) is 0 Å². The predicted molar refractivity (Wildman–Crippen MR) is 132 cm³/mol. The Labute approximate surface area is 205 Å². The second-order valence-electron chi connectivity index (χ2n) is 9.60. The summed E-state index contributed by atoms with van der Waals surface area (Å²) in [6.45, 7) is 3.93. The Kier molecular flexibility index (Phi) is 7.70. The molecular weight excluding hydrogens is 446 g/mol. The van der Waals surface area contributed by atoms with Crippen molar-refractivity contribution < 1.29 is 24.2 Å². The first-order valence-electron chi connectivity index (χ1n) is 12.2. The Morgan fingerprint density at radius 3 is 2.31 bits per heavy atom. The number of nitrogens with zero attached hydrogens (tertiary/aromatic N) is 1. The van der Waals surface area contributed by atoms with Crippen LogP contribution in [0.5, 0.6) is 0 Å². The highest BCUT2D eigenvalue weighted by Crippen LogP contribution is 2.44. The van der Waals surface area contributed by atoms with Crippen LogP contribution >= 0.6 is 0 Å². The van der Waals surface area contributed by atoms with Crippen LogP contribution in [0.4, 0.5) is 4.79 Å². The van der Waals surface area contributed by atoms with Crippen LogP contribution in [0.25, 0.3) is 11.1 Å². The fourth-order valence-electron chi connectivity index (χ4n) is 5.17. The minimum atomic E-state index is -1.02. The summed E-state index contributed by atoms with van der Waals surface area (Å²) in [5.74, 6) is -1.24. The van der Waals surface area contributed by atoms with Gasteiger partial charge in [-0.2, -0.15) is 0 Å². The van der Waals surface area contributed by atoms with Gasteiger partial charge >= 0.3 is 12.1 Å². The molecule has 2 aromatic carbocycles. The van der Waals surface area contributed by atoms with Gasteiger partial charge < -0.3 is 25.4 Å². The maximum atomic E-state index is 13.0. The number of carboxylic acids is 1. The highest BCUT2D eigenvalue weighted by atomic mass is 16.5. The van der Waals surface area contributed by atoms with Gasteiger partial charge in [0.1, 0.15) is 12.6 Å². The molecule has 3 N–H and O–H groups in total. The van der Waals surface area contributed by atoms with Crippen molar-refractivity contribution in [2.24, 2.45) is 5.92 Å². The maximum absolute atomic E-state index is 13.0. The van der Waals surface area contributed by atoms with E-state index in [1.807, 2.05) is 43.4 Å². The third-order valence-corrected chi connectivity index (χ3v) is 7.04. The quantitative estimate of drug-likeness (QED) is 0.537. The van der Waals surface area contributed by atoms with Crippen molar-refractivity contribution in [3.8, 4) is 11.1 Å². The number of carbonyl (C=O) groups is 3. The zero-order valence-electron chi connectivity index (χ0n) is 20.2. The number of benzene rings is 2. The van der Waals surface area contributed by atoms with E-state index < -0.39 is 18.1 Å². The summed E-state index contributed by atoms with van der Waals surface area (Å²) in [6.07, 6.45) is -0.161. The van der Waals surface area contributed by atoms with Crippen molar-refractivity contribution >= 4 is 18.0 Å². The van der Waals surface area contributed by atoms with Crippen molar-refractivity contribution in [1.82, 2.24) is 15.5 Å². The van der Waals surface area contributed by atoms with Crippen LogP contribution in [0.15, 0.2) is 48.5 Å². The molecule has 0 saturated carbocycles. The van der Waals surface area contributed by atoms with Gasteiger partial charge in [-0.15, -0.1) is 0 Å². The Hall–Kier alpha value is -3.39. The van der Waals surface area contributed by atoms with E-state index in [4.69, 9.17) is 9.84 Å². The largest absolute Gasteiger partial charge is 0.481 e. The minimum Gasteiger partial charge on any atom is -0.481 e. The van der Waals surface area contributed by atoms with Gasteiger partial charge in [-0.25, -0.2) is 4.79 Å². The molecule has 8 heteroatoms. The Morgan fingerprint density at radius 1 is 1.09 bits per heavy atom. The number of aliphatic carboxylic acids is 1. The van der Waals surface area contributed by atoms with Crippen molar-refractivity contribution in [3.63, 3.8) is 0 Å². The van der Waals surface area contributed by atoms with Gasteiger partial charge in [0.05, 0.1) is 0 Å². The van der Waals surface area contributed by atoms with Gasteiger partial charge in [-0.05, 0) is 54.6 Å². The van der Waals surface area contributed by atoms with E-state index in [9.17, 15) is 14.4 Å². The number of likely N-dealkylation sites (tertiary alicyclic amines) is 1. The van der Waals surface area contributed by atoms with Crippen molar-refractivity contribution in [3.05, 3.63) is 59.7 Å². The monoisotopic (exact) mass is 479 g/mol. The number of amides is 2. The van der Waals surface area contributed by atoms with Crippen LogP contribution in [0.1, 0.15) is 43.2 Å². The molecule has 3 unspecified atom stereocenters. The number of hydrogen-bond donors (Lipinski definition) is 3. The minimum absolute atomic E-state index is 0.00757. The summed E-state index contributed by atoms with van der Waals surface area (Å²) in [5, 5.41) is 14.7. The number of carboxylic acid groups (broad SMARTS) is 1. The summed E-state index contributed by atoms with van der Waals surface area (Å²) < 4.78 is 5.57. The first kappa shape index (κ1) is 24.7. The molecular formula is C27H33N3O5. The molecule has 186 valence electrons. The second-order valence-corrected chi connectivity index (χ2v) is 9.60. The van der Waals surface area contributed by atoms with Crippen molar-refractivity contribution in [2.45, 2.75) is 44.2 Å². The van der Waals surface area contributed by atoms with E-state index in [0.717, 1.165) is 41.8 Å². The second kappa shape index (κ2) is 10.9. The van der Waals surface area contributed by atoms with Crippen LogP contribution in [-0.4, -0.2) is 66.8 Å². The molecule has 0 bridgehead atoms. The molecule has 1 heterocycles. The van der Waals surface area contributed by atoms with E-state index in [0.29, 0.717) is 0 Å². The zero-order valence-corrected chi connectivity index (χ0v) is 20.2. The molecule has 1 saturated heterocycles. The lowest BCUT2D eigenvalue weighted by Gasteiger charge is -2.36. The highest BCUT2D eigenvalue weighted by Gasteiger charge is 2.31. The van der Waals surface area contributed by atoms with Gasteiger partial charge in [-0.3, -0.25) is 9.59 Å². The molecule has 4 rings (SSSR count). The molecule has 1 aliphatic carbocycles. The fourth-order valence-corrected chi connectivity index (χ4v) is 5.17. The summed E-state index contributed by atoms with van der Waals surface area (Å²) in [6, 6.07) is 15.1. The normalized spacial score (nSPS) is 20.4. The summed E-state index contributed by atoms with van der Waals surface area (Å²) in [5.41, 5.74) is 4.45. The molecule has 2 aromatic rings. The van der Waals surface area contributed by atoms with Gasteiger partial charge in [0.25, 0.3) is 0 Å². The number of hydrogen-bond acceptors (Lipinski definition) is 5. The standard InChI is InChI=1S/C27H33N3O5/c1-17-15-30(2)14-13-23(17)28-26(33)24(11-12-25(31)32)29-27(34)35-16-22-20-9-5-3-7-18(20)19-8-4-6-10-21(19)22/h3-10,17,22-24H,11-16H2,1-2H3,(H,28,33)(H,29,34)(H,31,32). The third-order valence-electron chi connectivity index (χ3n) is 7.04. The molecule has 2 aliphatic rings. The van der Waals surface area contributed by atoms with E-state index in [1.54, 1.807) is 0 Å². The molecule has 0 aromatic heterocycles. The van der Waals surface area contributed by atoms with E-state index in [1.165, 1.54) is 0 Å². The van der Waals surface area contributed by atoms with E-state index in [-0.39, 0.29) is 43.2 Å². The van der Waals surface area contributed by atoms with Crippen LogP contribution in [0.3, 0.4) is 0 Å². The first-order chi connectivity index (χ1) is 16.8. The van der Waals surface area contributed by atoms with Gasteiger partial charge in [0, 0.05) is 24.9 Å². The number of alkyl carbamates (subject to hydrolysis) is 1. The number of ether oxygens (including phenoxy) is 1. The number of carbonyl (C=O) groups excluding carboxylic acids is 2. The Morgan fingerprint density at radius 2 is 1.71 bits per heavy atom. The topological polar surface area (TPSA) is 108 Å². The van der Waals surface area contributed by atoms with Crippen molar-refractivity contribution in [1.29, 1.82) is 0 Å². The number of nitrogens with one attached hydrogen (secondary N) is 2. The molecule has 2 amide bonds. The molecule has 0 radical (unpaired) electrons. The Balaban J connectivity index is 1.39. The molecule has 8 nitrogen and oxygen atoms in total. The lowest BCUT2D eigenvalue weighted by Crippen LogP contribution is -2.54. The van der Waals surface area contributed by atoms with Gasteiger partial charge in [0.2, 0.25) is 5.91 Å². The smallest absolute Gasteiger partial charge is 0.407 e. The van der Waals surface area contributed by atoms with Crippen LogP contribution < -0.4 is 10.6 Å². The van der Waals surface area contributed by atoms with Crippen LogP contribution in [0, 0.1) is 5.92 Å². The lowest BCUT2D eigenvalue weighted by molar-refractivity contribution is -0.137. The number of piperidine rings is 1.